The zero-order valence-electron chi connectivity index (χ0n) is 11.7. The Hall–Kier alpha value is -2.30. The van der Waals surface area contributed by atoms with Crippen LogP contribution in [0, 0.1) is 5.92 Å². The molecule has 106 valence electrons. The van der Waals surface area contributed by atoms with Crippen LogP contribution in [0.15, 0.2) is 41.1 Å². The van der Waals surface area contributed by atoms with Crippen LogP contribution in [0.2, 0.25) is 0 Å². The van der Waals surface area contributed by atoms with E-state index in [2.05, 4.69) is 15.6 Å². The maximum atomic E-state index is 11.6. The Morgan fingerprint density at radius 3 is 2.80 bits per heavy atom. The molecule has 0 unspecified atom stereocenters. The monoisotopic (exact) mass is 273 g/mol. The number of aromatic nitrogens is 1. The minimum absolute atomic E-state index is 0.0121. The Bertz CT molecular complexity index is 533. The number of pyridine rings is 1. The average molecular weight is 273 g/mol. The Morgan fingerprint density at radius 1 is 1.35 bits per heavy atom. The molecule has 0 spiro atoms. The zero-order valence-corrected chi connectivity index (χ0v) is 11.7. The smallest absolute Gasteiger partial charge is 0.224 e. The molecule has 0 aliphatic rings. The van der Waals surface area contributed by atoms with Crippen LogP contribution in [-0.2, 0) is 11.3 Å². The van der Waals surface area contributed by atoms with Crippen LogP contribution < -0.4 is 10.6 Å². The summed E-state index contributed by atoms with van der Waals surface area (Å²) < 4.78 is 5.22. The molecule has 0 aliphatic heterocycles. The summed E-state index contributed by atoms with van der Waals surface area (Å²) in [7, 11) is 0. The maximum absolute atomic E-state index is 11.6. The number of rotatable bonds is 6. The molecule has 2 aromatic rings. The van der Waals surface area contributed by atoms with Gasteiger partial charge in [0.25, 0.3) is 0 Å². The highest BCUT2D eigenvalue weighted by Crippen LogP contribution is 2.12. The molecule has 20 heavy (non-hydrogen) atoms. The first-order valence-corrected chi connectivity index (χ1v) is 6.65. The van der Waals surface area contributed by atoms with Gasteiger partial charge in [-0.1, -0.05) is 13.8 Å². The summed E-state index contributed by atoms with van der Waals surface area (Å²) in [5.41, 5.74) is 0.708. The van der Waals surface area contributed by atoms with Crippen molar-refractivity contribution in [2.45, 2.75) is 26.8 Å². The fourth-order valence-corrected chi connectivity index (χ4v) is 1.75. The number of carbonyl (C=O) groups is 1. The molecule has 0 fully saturated rings. The molecule has 2 rings (SSSR count). The summed E-state index contributed by atoms with van der Waals surface area (Å²) in [6.45, 7) is 4.61. The number of anilines is 2. The van der Waals surface area contributed by atoms with Gasteiger partial charge in [-0.25, -0.2) is 4.98 Å². The van der Waals surface area contributed by atoms with Crippen molar-refractivity contribution in [2.24, 2.45) is 5.92 Å². The van der Waals surface area contributed by atoms with Crippen molar-refractivity contribution in [1.29, 1.82) is 0 Å². The number of hydrogen-bond donors (Lipinski definition) is 2. The van der Waals surface area contributed by atoms with E-state index in [0.29, 0.717) is 24.6 Å². The van der Waals surface area contributed by atoms with Crippen molar-refractivity contribution in [3.63, 3.8) is 0 Å². The molecule has 0 atom stereocenters. The number of nitrogens with zero attached hydrogens (tertiary/aromatic N) is 1. The molecule has 0 bridgehead atoms. The first-order valence-electron chi connectivity index (χ1n) is 6.65. The Balaban J connectivity index is 1.84. The highest BCUT2D eigenvalue weighted by Gasteiger charge is 2.05. The molecule has 0 aliphatic carbocycles. The van der Waals surface area contributed by atoms with Crippen LogP contribution in [0.25, 0.3) is 0 Å². The number of furan rings is 1. The SMILES string of the molecule is CC(C)CC(=O)Nc1ccc(NCc2ccco2)nc1. The van der Waals surface area contributed by atoms with Gasteiger partial charge in [-0.15, -0.1) is 0 Å². The number of amides is 1. The molecule has 0 aromatic carbocycles. The molecule has 0 radical (unpaired) electrons. The van der Waals surface area contributed by atoms with E-state index in [1.165, 1.54) is 0 Å². The molecule has 1 amide bonds. The highest BCUT2D eigenvalue weighted by atomic mass is 16.3. The van der Waals surface area contributed by atoms with E-state index in [1.807, 2.05) is 38.1 Å². The van der Waals surface area contributed by atoms with E-state index in [4.69, 9.17) is 4.42 Å². The minimum atomic E-state index is 0.0121. The lowest BCUT2D eigenvalue weighted by Gasteiger charge is -2.08. The van der Waals surface area contributed by atoms with Gasteiger partial charge in [0.15, 0.2) is 0 Å². The van der Waals surface area contributed by atoms with Gasteiger partial charge < -0.3 is 15.1 Å². The van der Waals surface area contributed by atoms with Gasteiger partial charge >= 0.3 is 0 Å². The standard InChI is InChI=1S/C15H19N3O2/c1-11(2)8-15(19)18-12-5-6-14(16-9-12)17-10-13-4-3-7-20-13/h3-7,9,11H,8,10H2,1-2H3,(H,16,17)(H,18,19). The quantitative estimate of drug-likeness (QED) is 0.847. The molecule has 5 heteroatoms. The highest BCUT2D eigenvalue weighted by molar-refractivity contribution is 5.90. The summed E-state index contributed by atoms with van der Waals surface area (Å²) in [6.07, 6.45) is 3.79. The number of hydrogen-bond acceptors (Lipinski definition) is 4. The second kappa shape index (κ2) is 6.75. The fraction of sp³-hybridized carbons (Fsp3) is 0.333. The van der Waals surface area contributed by atoms with Gasteiger partial charge in [-0.2, -0.15) is 0 Å². The molecule has 2 aromatic heterocycles. The third-order valence-corrected chi connectivity index (χ3v) is 2.66. The molecular weight excluding hydrogens is 254 g/mol. The lowest BCUT2D eigenvalue weighted by atomic mass is 10.1. The second-order valence-corrected chi connectivity index (χ2v) is 5.01. The van der Waals surface area contributed by atoms with Crippen LogP contribution in [0.5, 0.6) is 0 Å². The second-order valence-electron chi connectivity index (χ2n) is 5.01. The average Bonchev–Trinajstić information content (AvgIpc) is 2.90. The predicted molar refractivity (Wildman–Crippen MR) is 78.4 cm³/mol. The van der Waals surface area contributed by atoms with Crippen molar-refractivity contribution in [1.82, 2.24) is 4.98 Å². The van der Waals surface area contributed by atoms with Crippen LogP contribution in [0.3, 0.4) is 0 Å². The topological polar surface area (TPSA) is 67.2 Å². The number of nitrogens with one attached hydrogen (secondary N) is 2. The lowest BCUT2D eigenvalue weighted by molar-refractivity contribution is -0.116. The van der Waals surface area contributed by atoms with E-state index in [0.717, 1.165) is 11.6 Å². The first-order chi connectivity index (χ1) is 9.63. The van der Waals surface area contributed by atoms with Gasteiger partial charge in [-0.05, 0) is 30.2 Å². The van der Waals surface area contributed by atoms with Gasteiger partial charge in [0.05, 0.1) is 24.7 Å². The molecule has 2 N–H and O–H groups in total. The maximum Gasteiger partial charge on any atom is 0.224 e. The third kappa shape index (κ3) is 4.42. The van der Waals surface area contributed by atoms with E-state index < -0.39 is 0 Å². The Labute approximate surface area is 118 Å². The normalized spacial score (nSPS) is 10.6. The van der Waals surface area contributed by atoms with Crippen molar-refractivity contribution >= 4 is 17.4 Å². The Morgan fingerprint density at radius 2 is 2.20 bits per heavy atom. The van der Waals surface area contributed by atoms with Crippen LogP contribution in [0.1, 0.15) is 26.0 Å². The molecule has 5 nitrogen and oxygen atoms in total. The van der Waals surface area contributed by atoms with Gasteiger partial charge in [0.1, 0.15) is 11.6 Å². The van der Waals surface area contributed by atoms with Crippen molar-refractivity contribution < 1.29 is 9.21 Å². The predicted octanol–water partition coefficient (Wildman–Crippen LogP) is 3.27. The van der Waals surface area contributed by atoms with E-state index in [1.54, 1.807) is 12.5 Å². The molecule has 0 saturated carbocycles. The first kappa shape index (κ1) is 14.1. The number of carbonyl (C=O) groups excluding carboxylic acids is 1. The molecule has 2 heterocycles. The summed E-state index contributed by atoms with van der Waals surface area (Å²) >= 11 is 0. The van der Waals surface area contributed by atoms with Crippen molar-refractivity contribution in [3.05, 3.63) is 42.5 Å². The third-order valence-electron chi connectivity index (χ3n) is 2.66. The minimum Gasteiger partial charge on any atom is -0.467 e. The summed E-state index contributed by atoms with van der Waals surface area (Å²) in [4.78, 5) is 15.9. The largest absolute Gasteiger partial charge is 0.467 e. The zero-order chi connectivity index (χ0) is 14.4. The van der Waals surface area contributed by atoms with Gasteiger partial charge in [-0.3, -0.25) is 4.79 Å². The van der Waals surface area contributed by atoms with Crippen LogP contribution in [-0.4, -0.2) is 10.9 Å². The van der Waals surface area contributed by atoms with Crippen molar-refractivity contribution in [2.75, 3.05) is 10.6 Å². The van der Waals surface area contributed by atoms with Crippen LogP contribution >= 0.6 is 0 Å². The fourth-order valence-electron chi connectivity index (χ4n) is 1.75. The van der Waals surface area contributed by atoms with Gasteiger partial charge in [0, 0.05) is 6.42 Å². The summed E-state index contributed by atoms with van der Waals surface area (Å²) in [5.74, 6) is 1.94. The van der Waals surface area contributed by atoms with E-state index in [-0.39, 0.29) is 5.91 Å². The van der Waals surface area contributed by atoms with E-state index in [9.17, 15) is 4.79 Å². The van der Waals surface area contributed by atoms with Crippen molar-refractivity contribution in [3.8, 4) is 0 Å². The molecular formula is C15H19N3O2. The lowest BCUT2D eigenvalue weighted by Crippen LogP contribution is -2.14. The Kier molecular flexibility index (Phi) is 4.76. The molecule has 0 saturated heterocycles. The summed E-state index contributed by atoms with van der Waals surface area (Å²) in [5, 5.41) is 5.96. The van der Waals surface area contributed by atoms with Crippen LogP contribution in [0.4, 0.5) is 11.5 Å². The van der Waals surface area contributed by atoms with E-state index >= 15 is 0 Å². The van der Waals surface area contributed by atoms with Gasteiger partial charge in [0.2, 0.25) is 5.91 Å². The summed E-state index contributed by atoms with van der Waals surface area (Å²) in [6, 6.07) is 7.40.